The van der Waals surface area contributed by atoms with E-state index >= 15 is 0 Å². The van der Waals surface area contributed by atoms with Gasteiger partial charge in [0.1, 0.15) is 0 Å². The Morgan fingerprint density at radius 1 is 1.50 bits per heavy atom. The van der Waals surface area contributed by atoms with E-state index in [4.69, 9.17) is 5.11 Å². The van der Waals surface area contributed by atoms with E-state index in [0.717, 1.165) is 11.3 Å². The molecule has 0 saturated heterocycles. The first-order chi connectivity index (χ1) is 6.68. The van der Waals surface area contributed by atoms with Crippen molar-refractivity contribution in [3.05, 3.63) is 29.8 Å². The van der Waals surface area contributed by atoms with Crippen molar-refractivity contribution >= 4 is 11.7 Å². The molecular weight excluding hydrogens is 178 g/mol. The minimum absolute atomic E-state index is 0.00222. The summed E-state index contributed by atoms with van der Waals surface area (Å²) in [6.07, 6.45) is 0.625. The fourth-order valence-electron chi connectivity index (χ4n) is 1.90. The van der Waals surface area contributed by atoms with E-state index in [0.29, 0.717) is 6.42 Å². The molecule has 0 saturated carbocycles. The van der Waals surface area contributed by atoms with Gasteiger partial charge in [-0.15, -0.1) is 0 Å². The molecule has 3 nitrogen and oxygen atoms in total. The summed E-state index contributed by atoms with van der Waals surface area (Å²) in [4.78, 5) is 10.9. The summed E-state index contributed by atoms with van der Waals surface area (Å²) in [7, 11) is 0. The van der Waals surface area contributed by atoms with Crippen molar-refractivity contribution < 1.29 is 9.90 Å². The number of nitrogens with one attached hydrogen (secondary N) is 1. The molecule has 3 heteroatoms. The molecule has 74 valence electrons. The highest BCUT2D eigenvalue weighted by Gasteiger charge is 2.29. The highest BCUT2D eigenvalue weighted by molar-refractivity contribution is 5.74. The molecule has 1 heterocycles. The molecule has 0 radical (unpaired) electrons. The molecule has 0 amide bonds. The second-order valence-electron chi connectivity index (χ2n) is 3.74. The number of aliphatic carboxylic acids is 1. The van der Waals surface area contributed by atoms with Crippen molar-refractivity contribution in [2.24, 2.45) is 5.92 Å². The van der Waals surface area contributed by atoms with Gasteiger partial charge in [-0.2, -0.15) is 0 Å². The highest BCUT2D eigenvalue weighted by Crippen LogP contribution is 2.27. The number of carbonyl (C=O) groups is 1. The lowest BCUT2D eigenvalue weighted by Crippen LogP contribution is -2.37. The van der Waals surface area contributed by atoms with Crippen LogP contribution in [0.25, 0.3) is 0 Å². The molecule has 1 aliphatic heterocycles. The normalized spacial score (nSPS) is 24.9. The monoisotopic (exact) mass is 191 g/mol. The van der Waals surface area contributed by atoms with Gasteiger partial charge < -0.3 is 10.4 Å². The van der Waals surface area contributed by atoms with Crippen LogP contribution in [0.15, 0.2) is 24.3 Å². The number of hydrogen-bond acceptors (Lipinski definition) is 2. The number of fused-ring (bicyclic) bond motifs is 1. The SMILES string of the molecule is C[C@H]1Nc2ccccc2C[C@H]1C(=O)O. The third-order valence-electron chi connectivity index (χ3n) is 2.76. The van der Waals surface area contributed by atoms with Crippen LogP contribution in [0.3, 0.4) is 0 Å². The summed E-state index contributed by atoms with van der Waals surface area (Å²) in [5.41, 5.74) is 2.16. The maximum atomic E-state index is 10.9. The number of para-hydroxylation sites is 1. The first kappa shape index (κ1) is 9.06. The van der Waals surface area contributed by atoms with Crippen LogP contribution in [0.5, 0.6) is 0 Å². The molecule has 0 aliphatic carbocycles. The highest BCUT2D eigenvalue weighted by atomic mass is 16.4. The molecule has 2 N–H and O–H groups in total. The molecule has 0 spiro atoms. The van der Waals surface area contributed by atoms with Crippen molar-refractivity contribution in [2.75, 3.05) is 5.32 Å². The van der Waals surface area contributed by atoms with Crippen molar-refractivity contribution in [3.8, 4) is 0 Å². The zero-order chi connectivity index (χ0) is 10.1. The molecule has 0 bridgehead atoms. The predicted molar refractivity (Wildman–Crippen MR) is 54.4 cm³/mol. The summed E-state index contributed by atoms with van der Waals surface area (Å²) < 4.78 is 0. The lowest BCUT2D eigenvalue weighted by Gasteiger charge is -2.29. The van der Waals surface area contributed by atoms with Gasteiger partial charge in [0.05, 0.1) is 5.92 Å². The number of carboxylic acids is 1. The molecular formula is C11H13NO2. The lowest BCUT2D eigenvalue weighted by atomic mass is 9.88. The summed E-state index contributed by atoms with van der Waals surface area (Å²) in [5.74, 6) is -1.04. The minimum atomic E-state index is -0.723. The van der Waals surface area contributed by atoms with Crippen LogP contribution in [-0.2, 0) is 11.2 Å². The van der Waals surface area contributed by atoms with E-state index in [9.17, 15) is 4.79 Å². The van der Waals surface area contributed by atoms with E-state index in [2.05, 4.69) is 5.32 Å². The van der Waals surface area contributed by atoms with Crippen LogP contribution in [0.1, 0.15) is 12.5 Å². The first-order valence-electron chi connectivity index (χ1n) is 4.75. The quantitative estimate of drug-likeness (QED) is 0.711. The molecule has 1 aliphatic rings. The van der Waals surface area contributed by atoms with Gasteiger partial charge in [0.2, 0.25) is 0 Å². The molecule has 2 atom stereocenters. The van der Waals surface area contributed by atoms with Gasteiger partial charge in [-0.25, -0.2) is 0 Å². The van der Waals surface area contributed by atoms with Gasteiger partial charge >= 0.3 is 5.97 Å². The topological polar surface area (TPSA) is 49.3 Å². The molecule has 1 aromatic carbocycles. The third kappa shape index (κ3) is 1.45. The molecule has 2 rings (SSSR count). The molecule has 0 fully saturated rings. The summed E-state index contributed by atoms with van der Waals surface area (Å²) in [5, 5.41) is 12.2. The fraction of sp³-hybridized carbons (Fsp3) is 0.364. The van der Waals surface area contributed by atoms with Gasteiger partial charge in [0.25, 0.3) is 0 Å². The number of benzene rings is 1. The zero-order valence-electron chi connectivity index (χ0n) is 8.03. The second-order valence-corrected chi connectivity index (χ2v) is 3.74. The number of carboxylic acid groups (broad SMARTS) is 1. The molecule has 14 heavy (non-hydrogen) atoms. The average Bonchev–Trinajstić information content (AvgIpc) is 2.16. The van der Waals surface area contributed by atoms with Crippen LogP contribution < -0.4 is 5.32 Å². The number of anilines is 1. The Balaban J connectivity index is 2.31. The Bertz CT molecular complexity index is 362. The van der Waals surface area contributed by atoms with Crippen LogP contribution in [0.2, 0.25) is 0 Å². The van der Waals surface area contributed by atoms with Crippen molar-refractivity contribution in [3.63, 3.8) is 0 Å². The Morgan fingerprint density at radius 2 is 2.21 bits per heavy atom. The fourth-order valence-corrected chi connectivity index (χ4v) is 1.90. The van der Waals surface area contributed by atoms with Crippen LogP contribution in [0.4, 0.5) is 5.69 Å². The van der Waals surface area contributed by atoms with Crippen molar-refractivity contribution in [2.45, 2.75) is 19.4 Å². The lowest BCUT2D eigenvalue weighted by molar-refractivity contribution is -0.142. The number of rotatable bonds is 1. The van der Waals surface area contributed by atoms with Gasteiger partial charge in [-0.1, -0.05) is 18.2 Å². The Morgan fingerprint density at radius 3 is 2.93 bits per heavy atom. The second kappa shape index (κ2) is 3.33. The van der Waals surface area contributed by atoms with Gasteiger partial charge in [-0.05, 0) is 25.0 Å². The van der Waals surface area contributed by atoms with E-state index in [1.807, 2.05) is 31.2 Å². The average molecular weight is 191 g/mol. The first-order valence-corrected chi connectivity index (χ1v) is 4.75. The Labute approximate surface area is 82.8 Å². The standard InChI is InChI=1S/C11H13NO2/c1-7-9(11(13)14)6-8-4-2-3-5-10(8)12-7/h2-5,7,9,12H,6H2,1H3,(H,13,14)/t7-,9-/m1/s1. The Hall–Kier alpha value is -1.51. The number of hydrogen-bond donors (Lipinski definition) is 2. The smallest absolute Gasteiger partial charge is 0.308 e. The molecule has 0 unspecified atom stereocenters. The van der Waals surface area contributed by atoms with E-state index in [1.165, 1.54) is 0 Å². The zero-order valence-corrected chi connectivity index (χ0v) is 8.03. The van der Waals surface area contributed by atoms with Crippen LogP contribution in [0, 0.1) is 5.92 Å². The maximum absolute atomic E-state index is 10.9. The van der Waals surface area contributed by atoms with Crippen LogP contribution in [-0.4, -0.2) is 17.1 Å². The van der Waals surface area contributed by atoms with Crippen molar-refractivity contribution in [1.29, 1.82) is 0 Å². The van der Waals surface area contributed by atoms with E-state index in [1.54, 1.807) is 0 Å². The maximum Gasteiger partial charge on any atom is 0.308 e. The van der Waals surface area contributed by atoms with E-state index < -0.39 is 5.97 Å². The summed E-state index contributed by atoms with van der Waals surface area (Å²) >= 11 is 0. The predicted octanol–water partition coefficient (Wildman–Crippen LogP) is 1.74. The minimum Gasteiger partial charge on any atom is -0.481 e. The van der Waals surface area contributed by atoms with E-state index in [-0.39, 0.29) is 12.0 Å². The molecule has 0 aromatic heterocycles. The third-order valence-corrected chi connectivity index (χ3v) is 2.76. The largest absolute Gasteiger partial charge is 0.481 e. The van der Waals surface area contributed by atoms with Crippen molar-refractivity contribution in [1.82, 2.24) is 0 Å². The van der Waals surface area contributed by atoms with Gasteiger partial charge in [-0.3, -0.25) is 4.79 Å². The van der Waals surface area contributed by atoms with Gasteiger partial charge in [0.15, 0.2) is 0 Å². The Kier molecular flexibility index (Phi) is 2.15. The van der Waals surface area contributed by atoms with Crippen LogP contribution >= 0.6 is 0 Å². The summed E-state index contributed by atoms with van der Waals surface area (Å²) in [6.45, 7) is 1.91. The summed E-state index contributed by atoms with van der Waals surface area (Å²) in [6, 6.07) is 7.87. The van der Waals surface area contributed by atoms with Gasteiger partial charge in [0, 0.05) is 11.7 Å². The molecule has 1 aromatic rings.